The Morgan fingerprint density at radius 1 is 1.21 bits per heavy atom. The molecule has 0 spiro atoms. The number of hydrogen-bond donors (Lipinski definition) is 1. The van der Waals surface area contributed by atoms with Crippen LogP contribution < -0.4 is 10.2 Å². The molecule has 0 bridgehead atoms. The number of morpholine rings is 1. The second-order valence-electron chi connectivity index (χ2n) is 5.60. The molecular formula is C17H17FN4OS. The van der Waals surface area contributed by atoms with Crippen molar-refractivity contribution in [3.63, 3.8) is 0 Å². The van der Waals surface area contributed by atoms with Gasteiger partial charge in [-0.3, -0.25) is 0 Å². The van der Waals surface area contributed by atoms with E-state index in [1.54, 1.807) is 23.7 Å². The number of thiophene rings is 1. The van der Waals surface area contributed by atoms with Gasteiger partial charge in [-0.25, -0.2) is 14.4 Å². The van der Waals surface area contributed by atoms with Crippen molar-refractivity contribution in [1.82, 2.24) is 9.97 Å². The van der Waals surface area contributed by atoms with Crippen LogP contribution >= 0.6 is 11.3 Å². The molecule has 0 unspecified atom stereocenters. The van der Waals surface area contributed by atoms with Crippen molar-refractivity contribution in [2.75, 3.05) is 36.5 Å². The van der Waals surface area contributed by atoms with Gasteiger partial charge in [0.1, 0.15) is 18.0 Å². The maximum atomic E-state index is 14.4. The van der Waals surface area contributed by atoms with Crippen molar-refractivity contribution >= 4 is 33.1 Å². The molecule has 1 fully saturated rings. The Kier molecular flexibility index (Phi) is 4.27. The fraction of sp³-hybridized carbons (Fsp3) is 0.294. The number of benzene rings is 1. The molecule has 3 aromatic rings. The predicted molar refractivity (Wildman–Crippen MR) is 94.2 cm³/mol. The molecule has 7 heteroatoms. The Hall–Kier alpha value is -2.25. The van der Waals surface area contributed by atoms with Crippen molar-refractivity contribution in [3.8, 4) is 0 Å². The summed E-state index contributed by atoms with van der Waals surface area (Å²) in [5, 5.41) is 5.26. The van der Waals surface area contributed by atoms with Gasteiger partial charge in [0.2, 0.25) is 0 Å². The van der Waals surface area contributed by atoms with Crippen molar-refractivity contribution in [2.45, 2.75) is 6.54 Å². The van der Waals surface area contributed by atoms with E-state index in [1.165, 1.54) is 0 Å². The van der Waals surface area contributed by atoms with Crippen LogP contribution in [0.4, 0.5) is 15.9 Å². The normalized spacial score (nSPS) is 15.0. The van der Waals surface area contributed by atoms with Crippen LogP contribution in [0.2, 0.25) is 0 Å². The Morgan fingerprint density at radius 3 is 2.92 bits per heavy atom. The first-order valence-electron chi connectivity index (χ1n) is 7.84. The molecule has 124 valence electrons. The van der Waals surface area contributed by atoms with E-state index in [0.717, 1.165) is 34.7 Å². The van der Waals surface area contributed by atoms with Crippen LogP contribution in [-0.4, -0.2) is 36.3 Å². The summed E-state index contributed by atoms with van der Waals surface area (Å²) in [6.07, 6.45) is 1.54. The number of rotatable bonds is 4. The molecule has 1 aliphatic heterocycles. The first-order valence-corrected chi connectivity index (χ1v) is 8.72. The van der Waals surface area contributed by atoms with Crippen molar-refractivity contribution in [3.05, 3.63) is 47.4 Å². The van der Waals surface area contributed by atoms with Gasteiger partial charge in [-0.15, -0.1) is 11.3 Å². The zero-order chi connectivity index (χ0) is 16.4. The first-order chi connectivity index (χ1) is 11.8. The summed E-state index contributed by atoms with van der Waals surface area (Å²) in [6, 6.07) is 7.35. The summed E-state index contributed by atoms with van der Waals surface area (Å²) in [4.78, 5) is 10.5. The van der Waals surface area contributed by atoms with Crippen LogP contribution in [0, 0.1) is 5.82 Å². The van der Waals surface area contributed by atoms with Gasteiger partial charge in [-0.1, -0.05) is 6.07 Å². The molecule has 0 aliphatic carbocycles. The van der Waals surface area contributed by atoms with Crippen LogP contribution in [0.5, 0.6) is 0 Å². The van der Waals surface area contributed by atoms with Crippen molar-refractivity contribution in [2.24, 2.45) is 0 Å². The number of halogens is 1. The van der Waals surface area contributed by atoms with Gasteiger partial charge in [0.15, 0.2) is 0 Å². The maximum Gasteiger partial charge on any atom is 0.147 e. The van der Waals surface area contributed by atoms with Crippen LogP contribution in [0.3, 0.4) is 0 Å². The maximum absolute atomic E-state index is 14.4. The van der Waals surface area contributed by atoms with Gasteiger partial charge < -0.3 is 15.0 Å². The minimum atomic E-state index is -0.194. The fourth-order valence-corrected chi connectivity index (χ4v) is 3.63. The third-order valence-corrected chi connectivity index (χ3v) is 4.98. The minimum absolute atomic E-state index is 0.194. The van der Waals surface area contributed by atoms with Gasteiger partial charge in [0.05, 0.1) is 29.1 Å². The van der Waals surface area contributed by atoms with E-state index in [0.29, 0.717) is 25.4 Å². The molecule has 0 atom stereocenters. The highest BCUT2D eigenvalue weighted by atomic mass is 32.1. The third-order valence-electron chi connectivity index (χ3n) is 4.07. The summed E-state index contributed by atoms with van der Waals surface area (Å²) in [5.41, 5.74) is 2.45. The zero-order valence-corrected chi connectivity index (χ0v) is 13.9. The Bertz CT molecular complexity index is 847. The molecule has 1 saturated heterocycles. The first kappa shape index (κ1) is 15.3. The number of ether oxygens (including phenoxy) is 1. The van der Waals surface area contributed by atoms with Gasteiger partial charge in [0.25, 0.3) is 0 Å². The topological polar surface area (TPSA) is 50.3 Å². The smallest absolute Gasteiger partial charge is 0.147 e. The third kappa shape index (κ3) is 3.05. The lowest BCUT2D eigenvalue weighted by Gasteiger charge is -2.29. The molecule has 1 N–H and O–H groups in total. The molecule has 24 heavy (non-hydrogen) atoms. The van der Waals surface area contributed by atoms with Gasteiger partial charge >= 0.3 is 0 Å². The second-order valence-corrected chi connectivity index (χ2v) is 6.51. The van der Waals surface area contributed by atoms with Crippen molar-refractivity contribution < 1.29 is 9.13 Å². The zero-order valence-electron chi connectivity index (χ0n) is 13.0. The van der Waals surface area contributed by atoms with Crippen molar-refractivity contribution in [1.29, 1.82) is 0 Å². The number of nitrogens with zero attached hydrogens (tertiary/aromatic N) is 3. The van der Waals surface area contributed by atoms with E-state index < -0.39 is 0 Å². The lowest BCUT2D eigenvalue weighted by atomic mass is 10.1. The number of aromatic nitrogens is 2. The highest BCUT2D eigenvalue weighted by Gasteiger charge is 2.15. The Labute approximate surface area is 143 Å². The standard InChI is InChI=1S/C17H17FN4OS/c18-13-9-12(1-2-15(13)22-4-6-23-7-5-22)10-19-17-16-14(3-8-24-16)20-11-21-17/h1-3,8-9,11H,4-7,10H2,(H,19,20,21). The molecule has 0 amide bonds. The van der Waals surface area contributed by atoms with Gasteiger partial charge in [-0.2, -0.15) is 0 Å². The molecule has 5 nitrogen and oxygen atoms in total. The highest BCUT2D eigenvalue weighted by Crippen LogP contribution is 2.26. The van der Waals surface area contributed by atoms with E-state index >= 15 is 0 Å². The molecule has 0 saturated carbocycles. The van der Waals surface area contributed by atoms with Gasteiger partial charge in [0, 0.05) is 19.6 Å². The summed E-state index contributed by atoms with van der Waals surface area (Å²) >= 11 is 1.59. The number of nitrogens with one attached hydrogen (secondary N) is 1. The Balaban J connectivity index is 1.49. The van der Waals surface area contributed by atoms with E-state index in [4.69, 9.17) is 4.74 Å². The molecular weight excluding hydrogens is 327 g/mol. The minimum Gasteiger partial charge on any atom is -0.378 e. The van der Waals surface area contributed by atoms with E-state index in [9.17, 15) is 4.39 Å². The molecule has 1 aliphatic rings. The predicted octanol–water partition coefficient (Wildman–Crippen LogP) is 3.28. The van der Waals surface area contributed by atoms with Crippen LogP contribution in [0.1, 0.15) is 5.56 Å². The number of hydrogen-bond acceptors (Lipinski definition) is 6. The quantitative estimate of drug-likeness (QED) is 0.787. The lowest BCUT2D eigenvalue weighted by Crippen LogP contribution is -2.36. The van der Waals surface area contributed by atoms with E-state index in [-0.39, 0.29) is 5.82 Å². The second kappa shape index (κ2) is 6.70. The van der Waals surface area contributed by atoms with Crippen LogP contribution in [0.15, 0.2) is 36.0 Å². The average molecular weight is 344 g/mol. The van der Waals surface area contributed by atoms with E-state index in [1.807, 2.05) is 28.5 Å². The summed E-state index contributed by atoms with van der Waals surface area (Å²) in [6.45, 7) is 3.27. The van der Waals surface area contributed by atoms with Crippen LogP contribution in [0.25, 0.3) is 10.2 Å². The molecule has 0 radical (unpaired) electrons. The molecule has 4 rings (SSSR count). The molecule has 2 aromatic heterocycles. The highest BCUT2D eigenvalue weighted by molar-refractivity contribution is 7.17. The summed E-state index contributed by atoms with van der Waals surface area (Å²) < 4.78 is 20.8. The molecule has 1 aromatic carbocycles. The lowest BCUT2D eigenvalue weighted by molar-refractivity contribution is 0.122. The average Bonchev–Trinajstić information content (AvgIpc) is 3.10. The summed E-state index contributed by atoms with van der Waals surface area (Å²) in [7, 11) is 0. The fourth-order valence-electron chi connectivity index (χ4n) is 2.82. The monoisotopic (exact) mass is 344 g/mol. The SMILES string of the molecule is Fc1cc(CNc2ncnc3ccsc23)ccc1N1CCOCC1. The largest absolute Gasteiger partial charge is 0.378 e. The van der Waals surface area contributed by atoms with Crippen LogP contribution in [-0.2, 0) is 11.3 Å². The van der Waals surface area contributed by atoms with Gasteiger partial charge in [-0.05, 0) is 29.1 Å². The number of anilines is 2. The Morgan fingerprint density at radius 2 is 2.08 bits per heavy atom. The van der Waals surface area contributed by atoms with E-state index in [2.05, 4.69) is 15.3 Å². The molecule has 3 heterocycles. The summed E-state index contributed by atoms with van der Waals surface area (Å²) in [5.74, 6) is 0.591. The number of fused-ring (bicyclic) bond motifs is 1.